The molecule has 2 amide bonds. The minimum absolute atomic E-state index is 0.0913. The Kier molecular flexibility index (Phi) is 6.42. The van der Waals surface area contributed by atoms with Crippen molar-refractivity contribution < 1.29 is 9.59 Å². The quantitative estimate of drug-likeness (QED) is 0.595. The van der Waals surface area contributed by atoms with Crippen LogP contribution in [0, 0.1) is 6.92 Å². The number of carbonyl (C=O) groups is 2. The van der Waals surface area contributed by atoms with Gasteiger partial charge in [-0.05, 0) is 43.7 Å². The second-order valence-corrected chi connectivity index (χ2v) is 7.26. The Bertz CT molecular complexity index is 1100. The topological polar surface area (TPSA) is 88.9 Å². The third-order valence-electron chi connectivity index (χ3n) is 3.97. The summed E-state index contributed by atoms with van der Waals surface area (Å²) >= 11 is 18.3. The molecule has 0 bridgehead atoms. The van der Waals surface area contributed by atoms with Crippen LogP contribution in [0.5, 0.6) is 0 Å². The van der Waals surface area contributed by atoms with Gasteiger partial charge in [-0.2, -0.15) is 5.10 Å². The van der Waals surface area contributed by atoms with Gasteiger partial charge in [-0.25, -0.2) is 9.67 Å². The number of pyridine rings is 1. The summed E-state index contributed by atoms with van der Waals surface area (Å²) < 4.78 is 1.25. The second kappa shape index (κ2) is 8.82. The lowest BCUT2D eigenvalue weighted by Gasteiger charge is -2.15. The van der Waals surface area contributed by atoms with Crippen LogP contribution in [0.25, 0.3) is 5.82 Å². The molecule has 29 heavy (non-hydrogen) atoms. The van der Waals surface area contributed by atoms with Gasteiger partial charge in [0.2, 0.25) is 0 Å². The number of nitrogens with zero attached hydrogens (tertiary/aromatic N) is 3. The second-order valence-electron chi connectivity index (χ2n) is 6.03. The molecule has 0 radical (unpaired) electrons. The first-order valence-corrected chi connectivity index (χ1v) is 9.71. The fourth-order valence-electron chi connectivity index (χ4n) is 2.73. The molecule has 0 saturated carbocycles. The van der Waals surface area contributed by atoms with Gasteiger partial charge >= 0.3 is 0 Å². The number of rotatable bonds is 5. The molecule has 0 atom stereocenters. The molecular weight excluding hydrogens is 437 g/mol. The molecular formula is C19H16Cl3N5O2. The lowest BCUT2D eigenvalue weighted by atomic mass is 10.1. The van der Waals surface area contributed by atoms with E-state index < -0.39 is 5.91 Å². The number of carbonyl (C=O) groups excluding carboxylic acids is 2. The predicted octanol–water partition coefficient (Wildman–Crippen LogP) is 4.54. The summed E-state index contributed by atoms with van der Waals surface area (Å²) in [7, 11) is 0. The summed E-state index contributed by atoms with van der Waals surface area (Å²) in [6.45, 7) is 3.97. The van der Waals surface area contributed by atoms with Crippen LogP contribution in [0.3, 0.4) is 0 Å². The van der Waals surface area contributed by atoms with Crippen LogP contribution in [0.1, 0.15) is 33.3 Å². The fraction of sp³-hybridized carbons (Fsp3) is 0.158. The molecule has 0 aliphatic heterocycles. The molecule has 1 aromatic carbocycles. The number of aryl methyl sites for hydroxylation is 1. The van der Waals surface area contributed by atoms with Crippen LogP contribution in [0.15, 0.2) is 36.5 Å². The third kappa shape index (κ3) is 4.53. The highest BCUT2D eigenvalue weighted by atomic mass is 35.5. The van der Waals surface area contributed by atoms with Crippen molar-refractivity contribution in [2.75, 3.05) is 11.9 Å². The van der Waals surface area contributed by atoms with E-state index in [1.54, 1.807) is 32.0 Å². The van der Waals surface area contributed by atoms with Crippen molar-refractivity contribution in [2.45, 2.75) is 13.8 Å². The zero-order valence-electron chi connectivity index (χ0n) is 15.5. The number of anilines is 1. The minimum Gasteiger partial charge on any atom is -0.352 e. The number of nitrogens with one attached hydrogen (secondary N) is 2. The van der Waals surface area contributed by atoms with Gasteiger partial charge in [0, 0.05) is 23.8 Å². The highest BCUT2D eigenvalue weighted by Gasteiger charge is 2.22. The predicted molar refractivity (Wildman–Crippen MR) is 114 cm³/mol. The summed E-state index contributed by atoms with van der Waals surface area (Å²) in [6.07, 6.45) is 1.52. The van der Waals surface area contributed by atoms with Crippen LogP contribution in [0.4, 0.5) is 5.69 Å². The first kappa shape index (κ1) is 21.1. The van der Waals surface area contributed by atoms with E-state index in [2.05, 4.69) is 20.7 Å². The fourth-order valence-corrected chi connectivity index (χ4v) is 3.38. The van der Waals surface area contributed by atoms with Gasteiger partial charge in [0.1, 0.15) is 5.69 Å². The molecule has 0 unspecified atom stereocenters. The van der Waals surface area contributed by atoms with E-state index in [-0.39, 0.29) is 28.1 Å². The molecule has 2 N–H and O–H groups in total. The summed E-state index contributed by atoms with van der Waals surface area (Å²) in [5, 5.41) is 10.3. The maximum absolute atomic E-state index is 13.0. The summed E-state index contributed by atoms with van der Waals surface area (Å²) in [5.74, 6) is -0.641. The van der Waals surface area contributed by atoms with E-state index in [4.69, 9.17) is 34.8 Å². The first-order chi connectivity index (χ1) is 13.8. The molecule has 0 spiro atoms. The number of aromatic nitrogens is 3. The summed E-state index contributed by atoms with van der Waals surface area (Å²) in [6, 6.07) is 7.82. The zero-order chi connectivity index (χ0) is 21.1. The van der Waals surface area contributed by atoms with E-state index in [0.29, 0.717) is 27.8 Å². The van der Waals surface area contributed by atoms with Gasteiger partial charge in [-0.1, -0.05) is 34.8 Å². The average molecular weight is 453 g/mol. The van der Waals surface area contributed by atoms with E-state index in [9.17, 15) is 9.59 Å². The van der Waals surface area contributed by atoms with Crippen molar-refractivity contribution in [3.63, 3.8) is 0 Å². The number of amides is 2. The number of hydrogen-bond acceptors (Lipinski definition) is 4. The number of hydrogen-bond donors (Lipinski definition) is 2. The van der Waals surface area contributed by atoms with Crippen LogP contribution in [0.2, 0.25) is 15.2 Å². The smallest absolute Gasteiger partial charge is 0.274 e. The summed E-state index contributed by atoms with van der Waals surface area (Å²) in [5.41, 5.74) is 1.31. The molecule has 0 fully saturated rings. The van der Waals surface area contributed by atoms with Gasteiger partial charge in [0.05, 0.1) is 16.3 Å². The molecule has 2 aromatic heterocycles. The van der Waals surface area contributed by atoms with Crippen molar-refractivity contribution in [1.82, 2.24) is 20.1 Å². The van der Waals surface area contributed by atoms with Gasteiger partial charge in [0.25, 0.3) is 11.8 Å². The number of halogens is 3. The van der Waals surface area contributed by atoms with Crippen LogP contribution in [-0.2, 0) is 0 Å². The van der Waals surface area contributed by atoms with E-state index in [0.717, 1.165) is 0 Å². The lowest BCUT2D eigenvalue weighted by molar-refractivity contribution is 0.0956. The van der Waals surface area contributed by atoms with Crippen LogP contribution < -0.4 is 10.6 Å². The Morgan fingerprint density at radius 1 is 1.14 bits per heavy atom. The van der Waals surface area contributed by atoms with Crippen molar-refractivity contribution >= 4 is 52.3 Å². The largest absolute Gasteiger partial charge is 0.352 e. The highest BCUT2D eigenvalue weighted by molar-refractivity contribution is 6.32. The van der Waals surface area contributed by atoms with Crippen molar-refractivity contribution in [3.05, 3.63) is 68.5 Å². The van der Waals surface area contributed by atoms with Crippen LogP contribution in [-0.4, -0.2) is 33.1 Å². The molecule has 7 nitrogen and oxygen atoms in total. The molecule has 0 aliphatic rings. The molecule has 150 valence electrons. The summed E-state index contributed by atoms with van der Waals surface area (Å²) in [4.78, 5) is 29.6. The molecule has 0 aliphatic carbocycles. The van der Waals surface area contributed by atoms with Gasteiger partial charge in [-0.15, -0.1) is 0 Å². The Morgan fingerprint density at radius 3 is 2.59 bits per heavy atom. The van der Waals surface area contributed by atoms with Gasteiger partial charge < -0.3 is 10.6 Å². The van der Waals surface area contributed by atoms with Gasteiger partial charge in [-0.3, -0.25) is 9.59 Å². The molecule has 3 rings (SSSR count). The Balaban J connectivity index is 2.03. The van der Waals surface area contributed by atoms with E-state index in [1.165, 1.54) is 23.0 Å². The van der Waals surface area contributed by atoms with Gasteiger partial charge in [0.15, 0.2) is 11.0 Å². The lowest BCUT2D eigenvalue weighted by Crippen LogP contribution is -2.26. The molecule has 2 heterocycles. The maximum Gasteiger partial charge on any atom is 0.274 e. The van der Waals surface area contributed by atoms with E-state index in [1.807, 2.05) is 0 Å². The first-order valence-electron chi connectivity index (χ1n) is 8.58. The third-order valence-corrected chi connectivity index (χ3v) is 4.67. The SMILES string of the molecule is CCNC(=O)c1cc(Cl)cc(C)c1NC(=O)c1cc(Cl)nn1-c1ncccc1Cl. The van der Waals surface area contributed by atoms with Crippen molar-refractivity contribution in [2.24, 2.45) is 0 Å². The normalized spacial score (nSPS) is 10.7. The Morgan fingerprint density at radius 2 is 1.90 bits per heavy atom. The Labute approximate surface area is 182 Å². The maximum atomic E-state index is 13.0. The zero-order valence-corrected chi connectivity index (χ0v) is 17.7. The minimum atomic E-state index is -0.540. The average Bonchev–Trinajstić information content (AvgIpc) is 3.05. The van der Waals surface area contributed by atoms with Crippen molar-refractivity contribution in [3.8, 4) is 5.82 Å². The molecule has 0 saturated heterocycles. The molecule has 10 heteroatoms. The van der Waals surface area contributed by atoms with Crippen molar-refractivity contribution in [1.29, 1.82) is 0 Å². The van der Waals surface area contributed by atoms with Crippen LogP contribution >= 0.6 is 34.8 Å². The molecule has 3 aromatic rings. The van der Waals surface area contributed by atoms with E-state index >= 15 is 0 Å². The monoisotopic (exact) mass is 451 g/mol. The Hall–Kier alpha value is -2.61. The number of benzene rings is 1. The highest BCUT2D eigenvalue weighted by Crippen LogP contribution is 2.27. The standard InChI is InChI=1S/C19H16Cl3N5O2/c1-3-23-18(28)12-8-11(20)7-10(2)16(12)25-19(29)14-9-15(22)26-27(14)17-13(21)5-4-6-24-17/h4-9H,3H2,1-2H3,(H,23,28)(H,25,29).